The Morgan fingerprint density at radius 2 is 1.36 bits per heavy atom. The molecule has 42 heavy (non-hydrogen) atoms. The Kier molecular flexibility index (Phi) is 14.5. The zero-order chi connectivity index (χ0) is 31.1. The molecule has 1 atom stereocenters. The van der Waals surface area contributed by atoms with Gasteiger partial charge in [-0.3, -0.25) is 9.80 Å². The SMILES string of the molecule is CCc1ccc2c(c1)Sc1ccccc1CC2N1CCN(CCO)CC1.O=C(O)/C=C/C(=O)O.O=C(O)/C=C/C(=O)O. The van der Waals surface area contributed by atoms with Crippen LogP contribution in [-0.2, 0) is 32.0 Å². The van der Waals surface area contributed by atoms with Gasteiger partial charge in [-0.15, -0.1) is 0 Å². The van der Waals surface area contributed by atoms with Crippen molar-refractivity contribution in [2.24, 2.45) is 0 Å². The van der Waals surface area contributed by atoms with E-state index >= 15 is 0 Å². The molecule has 1 saturated heterocycles. The Balaban J connectivity index is 0.000000319. The van der Waals surface area contributed by atoms with E-state index in [0.29, 0.717) is 30.3 Å². The van der Waals surface area contributed by atoms with Crippen LogP contribution in [0.1, 0.15) is 29.7 Å². The largest absolute Gasteiger partial charge is 0.478 e. The van der Waals surface area contributed by atoms with Gasteiger partial charge in [0.25, 0.3) is 0 Å². The van der Waals surface area contributed by atoms with Crippen LogP contribution in [0, 0.1) is 0 Å². The number of benzene rings is 2. The van der Waals surface area contributed by atoms with E-state index in [1.165, 1.54) is 26.5 Å². The number of carboxylic acid groups (broad SMARTS) is 4. The molecule has 0 aliphatic carbocycles. The summed E-state index contributed by atoms with van der Waals surface area (Å²) in [5, 5.41) is 40.4. The summed E-state index contributed by atoms with van der Waals surface area (Å²) in [6, 6.07) is 16.4. The van der Waals surface area contributed by atoms with Crippen LogP contribution >= 0.6 is 11.8 Å². The summed E-state index contributed by atoms with van der Waals surface area (Å²) in [6.07, 6.45) is 4.40. The van der Waals surface area contributed by atoms with Gasteiger partial charge in [-0.05, 0) is 41.7 Å². The van der Waals surface area contributed by atoms with Crippen molar-refractivity contribution in [2.75, 3.05) is 39.3 Å². The first kappa shape index (κ1) is 34.2. The molecule has 2 heterocycles. The standard InChI is InChI=1S/C22H28N2OS.2C4H4O4/c1-2-17-7-8-19-20(24-11-9-23(10-12-24)13-14-25)16-18-5-3-4-6-21(18)26-22(19)15-17;2*5-3(6)1-2-4(7)8/h3-8,15,20,25H,2,9-14,16H2,1H3;2*1-2H,(H,5,6)(H,7,8)/b;2*2-1+. The number of aryl methyl sites for hydroxylation is 1. The number of carboxylic acids is 4. The molecule has 0 radical (unpaired) electrons. The molecule has 12 heteroatoms. The molecular weight excluding hydrogens is 564 g/mol. The second kappa shape index (κ2) is 17.8. The molecule has 0 saturated carbocycles. The minimum absolute atomic E-state index is 0.260. The van der Waals surface area contributed by atoms with Crippen molar-refractivity contribution in [2.45, 2.75) is 35.6 Å². The smallest absolute Gasteiger partial charge is 0.328 e. The van der Waals surface area contributed by atoms with Crippen LogP contribution in [0.25, 0.3) is 0 Å². The van der Waals surface area contributed by atoms with Gasteiger partial charge >= 0.3 is 23.9 Å². The first-order valence-corrected chi connectivity index (χ1v) is 14.1. The average molecular weight is 601 g/mol. The van der Waals surface area contributed by atoms with E-state index in [1.54, 1.807) is 0 Å². The van der Waals surface area contributed by atoms with Crippen molar-refractivity contribution < 1.29 is 44.7 Å². The van der Waals surface area contributed by atoms with Gasteiger partial charge in [-0.25, -0.2) is 19.2 Å². The summed E-state index contributed by atoms with van der Waals surface area (Å²) in [7, 11) is 0. The van der Waals surface area contributed by atoms with Crippen LogP contribution in [0.2, 0.25) is 0 Å². The summed E-state index contributed by atoms with van der Waals surface area (Å²) >= 11 is 1.94. The van der Waals surface area contributed by atoms with Crippen LogP contribution in [0.3, 0.4) is 0 Å². The minimum Gasteiger partial charge on any atom is -0.478 e. The maximum Gasteiger partial charge on any atom is 0.328 e. The molecular formula is C30H36N2O9S. The summed E-state index contributed by atoms with van der Waals surface area (Å²) in [5.74, 6) is -5.03. The third-order valence-electron chi connectivity index (χ3n) is 6.45. The van der Waals surface area contributed by atoms with Gasteiger partial charge in [0, 0.05) is 72.9 Å². The second-order valence-electron chi connectivity index (χ2n) is 9.28. The van der Waals surface area contributed by atoms with Gasteiger partial charge in [0.2, 0.25) is 0 Å². The number of aliphatic hydroxyl groups excluding tert-OH is 1. The molecule has 0 spiro atoms. The van der Waals surface area contributed by atoms with Crippen LogP contribution in [0.15, 0.2) is 76.6 Å². The van der Waals surface area contributed by atoms with Gasteiger partial charge in [-0.1, -0.05) is 49.0 Å². The number of carbonyl (C=O) groups is 4. The van der Waals surface area contributed by atoms with Crippen molar-refractivity contribution in [1.82, 2.24) is 9.80 Å². The van der Waals surface area contributed by atoms with E-state index in [9.17, 15) is 24.3 Å². The molecule has 0 amide bonds. The highest BCUT2D eigenvalue weighted by molar-refractivity contribution is 7.99. The van der Waals surface area contributed by atoms with Crippen LogP contribution in [-0.4, -0.2) is 98.5 Å². The van der Waals surface area contributed by atoms with Crippen molar-refractivity contribution >= 4 is 35.6 Å². The number of piperazine rings is 1. The van der Waals surface area contributed by atoms with Crippen LogP contribution < -0.4 is 0 Å². The lowest BCUT2D eigenvalue weighted by atomic mass is 9.95. The predicted molar refractivity (Wildman–Crippen MR) is 157 cm³/mol. The molecule has 2 aromatic rings. The van der Waals surface area contributed by atoms with Gasteiger partial charge in [0.15, 0.2) is 0 Å². The highest BCUT2D eigenvalue weighted by Gasteiger charge is 2.29. The number of hydrogen-bond acceptors (Lipinski definition) is 8. The molecule has 11 nitrogen and oxygen atoms in total. The van der Waals surface area contributed by atoms with Crippen molar-refractivity contribution in [3.05, 3.63) is 83.5 Å². The zero-order valence-electron chi connectivity index (χ0n) is 23.3. The van der Waals surface area contributed by atoms with Gasteiger partial charge in [0.05, 0.1) is 6.61 Å². The van der Waals surface area contributed by atoms with Gasteiger partial charge in [0.1, 0.15) is 0 Å². The molecule has 0 bridgehead atoms. The fraction of sp³-hybridized carbons (Fsp3) is 0.333. The fourth-order valence-corrected chi connectivity index (χ4v) is 5.62. The molecule has 2 aliphatic rings. The highest BCUT2D eigenvalue weighted by atomic mass is 32.2. The topological polar surface area (TPSA) is 176 Å². The Bertz CT molecular complexity index is 1220. The number of hydrogen-bond donors (Lipinski definition) is 5. The minimum atomic E-state index is -1.26. The van der Waals surface area contributed by atoms with Crippen molar-refractivity contribution in [1.29, 1.82) is 0 Å². The lowest BCUT2D eigenvalue weighted by Gasteiger charge is -2.39. The second-order valence-corrected chi connectivity index (χ2v) is 10.4. The molecule has 1 unspecified atom stereocenters. The monoisotopic (exact) mass is 600 g/mol. The molecule has 226 valence electrons. The number of fused-ring (bicyclic) bond motifs is 2. The molecule has 5 N–H and O–H groups in total. The van der Waals surface area contributed by atoms with E-state index < -0.39 is 23.9 Å². The lowest BCUT2D eigenvalue weighted by molar-refractivity contribution is -0.134. The third kappa shape index (κ3) is 11.9. The van der Waals surface area contributed by atoms with E-state index in [0.717, 1.165) is 45.6 Å². The van der Waals surface area contributed by atoms with E-state index in [2.05, 4.69) is 59.2 Å². The van der Waals surface area contributed by atoms with Gasteiger partial charge < -0.3 is 25.5 Å². The number of nitrogens with zero attached hydrogens (tertiary/aromatic N) is 2. The lowest BCUT2D eigenvalue weighted by Crippen LogP contribution is -2.48. The molecule has 0 aromatic heterocycles. The molecule has 2 aromatic carbocycles. The number of rotatable bonds is 8. The first-order chi connectivity index (χ1) is 20.0. The average Bonchev–Trinajstić information content (AvgIpc) is 3.12. The van der Waals surface area contributed by atoms with Crippen molar-refractivity contribution in [3.63, 3.8) is 0 Å². The maximum atomic E-state index is 9.55. The Morgan fingerprint density at radius 1 is 0.810 bits per heavy atom. The van der Waals surface area contributed by atoms with Crippen LogP contribution in [0.5, 0.6) is 0 Å². The van der Waals surface area contributed by atoms with Crippen LogP contribution in [0.4, 0.5) is 0 Å². The summed E-state index contributed by atoms with van der Waals surface area (Å²) in [4.78, 5) is 46.1. The zero-order valence-corrected chi connectivity index (χ0v) is 24.1. The summed E-state index contributed by atoms with van der Waals surface area (Å²) in [5.41, 5.74) is 4.37. The quantitative estimate of drug-likeness (QED) is 0.281. The highest BCUT2D eigenvalue weighted by Crippen LogP contribution is 2.43. The summed E-state index contributed by atoms with van der Waals surface area (Å²) < 4.78 is 0. The van der Waals surface area contributed by atoms with Crippen molar-refractivity contribution in [3.8, 4) is 0 Å². The Hall–Kier alpha value is -3.97. The normalized spacial score (nSPS) is 16.7. The van der Waals surface area contributed by atoms with E-state index in [-0.39, 0.29) is 6.61 Å². The number of β-amino-alcohol motifs (C(OH)–C–C–N with tert-alkyl or cyclic N) is 1. The molecule has 2 aliphatic heterocycles. The fourth-order valence-electron chi connectivity index (χ4n) is 4.42. The third-order valence-corrected chi connectivity index (χ3v) is 7.64. The van der Waals surface area contributed by atoms with E-state index in [1.807, 2.05) is 11.8 Å². The molecule has 1 fully saturated rings. The molecule has 4 rings (SSSR count). The maximum absolute atomic E-state index is 9.55. The number of aliphatic carboxylic acids is 4. The Labute approximate surface area is 248 Å². The first-order valence-electron chi connectivity index (χ1n) is 13.3. The van der Waals surface area contributed by atoms with E-state index in [4.69, 9.17) is 20.4 Å². The number of aliphatic hydroxyl groups is 1. The Morgan fingerprint density at radius 3 is 1.86 bits per heavy atom. The summed E-state index contributed by atoms with van der Waals surface area (Å²) in [6.45, 7) is 7.54. The van der Waals surface area contributed by atoms with Gasteiger partial charge in [-0.2, -0.15) is 0 Å². The predicted octanol–water partition coefficient (Wildman–Crippen LogP) is 3.03.